The van der Waals surface area contributed by atoms with Crippen LogP contribution in [0.1, 0.15) is 53.4 Å². The molecule has 2 fully saturated rings. The maximum atomic E-state index is 12.9. The number of aromatic nitrogens is 2. The number of H-pyrrole nitrogens is 1. The van der Waals surface area contributed by atoms with E-state index in [0.717, 1.165) is 47.9 Å². The minimum absolute atomic E-state index is 0.00651. The molecule has 1 saturated carbocycles. The number of rotatable bonds is 7. The SMILES string of the molecule is N[C@H](Cc1c[nH]c2ccccc12)C(=O)N1CCC(CNC(=O)c2cc(C3CC3)on2)CC1. The fraction of sp³-hybridized carbons (Fsp3) is 0.458. The Morgan fingerprint density at radius 1 is 1.22 bits per heavy atom. The molecule has 2 aromatic heterocycles. The molecule has 2 aliphatic rings. The van der Waals surface area contributed by atoms with E-state index >= 15 is 0 Å². The number of aromatic amines is 1. The lowest BCUT2D eigenvalue weighted by atomic mass is 9.95. The summed E-state index contributed by atoms with van der Waals surface area (Å²) in [6.07, 6.45) is 6.36. The lowest BCUT2D eigenvalue weighted by Gasteiger charge is -2.33. The van der Waals surface area contributed by atoms with Crippen LogP contribution in [0.3, 0.4) is 0 Å². The van der Waals surface area contributed by atoms with Crippen molar-refractivity contribution in [1.82, 2.24) is 20.4 Å². The number of nitrogens with zero attached hydrogens (tertiary/aromatic N) is 2. The first kappa shape index (κ1) is 20.8. The molecular weight excluding hydrogens is 406 g/mol. The Kier molecular flexibility index (Phi) is 5.70. The van der Waals surface area contributed by atoms with Gasteiger partial charge in [0, 0.05) is 48.7 Å². The van der Waals surface area contributed by atoms with Gasteiger partial charge >= 0.3 is 0 Å². The van der Waals surface area contributed by atoms with Crippen molar-refractivity contribution in [3.63, 3.8) is 0 Å². The van der Waals surface area contributed by atoms with E-state index in [9.17, 15) is 9.59 Å². The predicted octanol–water partition coefficient (Wildman–Crippen LogP) is 2.57. The summed E-state index contributed by atoms with van der Waals surface area (Å²) in [5, 5.41) is 7.96. The lowest BCUT2D eigenvalue weighted by Crippen LogP contribution is -2.49. The maximum absolute atomic E-state index is 12.9. The average Bonchev–Trinajstić information content (AvgIpc) is 3.41. The fourth-order valence-corrected chi connectivity index (χ4v) is 4.50. The van der Waals surface area contributed by atoms with E-state index in [0.29, 0.717) is 43.6 Å². The van der Waals surface area contributed by atoms with Gasteiger partial charge in [-0.2, -0.15) is 0 Å². The Balaban J connectivity index is 1.08. The molecule has 1 aliphatic heterocycles. The monoisotopic (exact) mass is 435 g/mol. The zero-order valence-corrected chi connectivity index (χ0v) is 18.0. The molecule has 0 spiro atoms. The third kappa shape index (κ3) is 4.41. The summed E-state index contributed by atoms with van der Waals surface area (Å²) in [5.41, 5.74) is 8.75. The standard InChI is InChI=1S/C24H29N5O3/c25-19(11-17-14-26-20-4-2-1-3-18(17)20)24(31)29-9-7-15(8-10-29)13-27-23(30)21-12-22(32-28-21)16-5-6-16/h1-4,12,14-16,19,26H,5-11,13,25H2,(H,27,30)/t19-/m1/s1. The molecule has 2 amide bonds. The van der Waals surface area contributed by atoms with Gasteiger partial charge in [-0.3, -0.25) is 9.59 Å². The van der Waals surface area contributed by atoms with E-state index in [4.69, 9.17) is 10.3 Å². The molecule has 8 heteroatoms. The Bertz CT molecular complexity index is 1110. The van der Waals surface area contributed by atoms with Crippen molar-refractivity contribution >= 4 is 22.7 Å². The number of fused-ring (bicyclic) bond motifs is 1. The molecule has 3 heterocycles. The number of carbonyl (C=O) groups excluding carboxylic acids is 2. The van der Waals surface area contributed by atoms with Crippen LogP contribution in [0, 0.1) is 5.92 Å². The Labute approximate surface area is 186 Å². The number of nitrogens with one attached hydrogen (secondary N) is 2. The number of hydrogen-bond donors (Lipinski definition) is 3. The highest BCUT2D eigenvalue weighted by Crippen LogP contribution is 2.40. The van der Waals surface area contributed by atoms with Crippen LogP contribution in [-0.2, 0) is 11.2 Å². The lowest BCUT2D eigenvalue weighted by molar-refractivity contribution is -0.133. The van der Waals surface area contributed by atoms with Crippen molar-refractivity contribution in [3.8, 4) is 0 Å². The quantitative estimate of drug-likeness (QED) is 0.527. The first-order valence-electron chi connectivity index (χ1n) is 11.4. The van der Waals surface area contributed by atoms with Gasteiger partial charge in [0.05, 0.1) is 6.04 Å². The second-order valence-corrected chi connectivity index (χ2v) is 9.04. The van der Waals surface area contributed by atoms with Gasteiger partial charge in [-0.15, -0.1) is 0 Å². The fourth-order valence-electron chi connectivity index (χ4n) is 4.50. The largest absolute Gasteiger partial charge is 0.361 e. The maximum Gasteiger partial charge on any atom is 0.273 e. The summed E-state index contributed by atoms with van der Waals surface area (Å²) >= 11 is 0. The van der Waals surface area contributed by atoms with Crippen LogP contribution < -0.4 is 11.1 Å². The van der Waals surface area contributed by atoms with Gasteiger partial charge in [-0.05, 0) is 49.7 Å². The molecule has 0 bridgehead atoms. The molecule has 1 aromatic carbocycles. The first-order chi connectivity index (χ1) is 15.6. The minimum Gasteiger partial charge on any atom is -0.361 e. The Morgan fingerprint density at radius 2 is 2.00 bits per heavy atom. The summed E-state index contributed by atoms with van der Waals surface area (Å²) in [7, 11) is 0. The van der Waals surface area contributed by atoms with Crippen molar-refractivity contribution in [3.05, 3.63) is 53.5 Å². The van der Waals surface area contributed by atoms with Crippen LogP contribution in [0.4, 0.5) is 0 Å². The molecule has 168 valence electrons. The number of carbonyl (C=O) groups is 2. The molecule has 5 rings (SSSR count). The normalized spacial score (nSPS) is 18.1. The van der Waals surface area contributed by atoms with Gasteiger partial charge in [0.25, 0.3) is 5.91 Å². The van der Waals surface area contributed by atoms with Crippen LogP contribution in [0.15, 0.2) is 41.1 Å². The molecule has 3 aromatic rings. The van der Waals surface area contributed by atoms with Crippen molar-refractivity contribution in [2.24, 2.45) is 11.7 Å². The van der Waals surface area contributed by atoms with Gasteiger partial charge in [0.15, 0.2) is 5.69 Å². The Morgan fingerprint density at radius 3 is 2.78 bits per heavy atom. The summed E-state index contributed by atoms with van der Waals surface area (Å²) in [4.78, 5) is 30.3. The predicted molar refractivity (Wildman–Crippen MR) is 120 cm³/mol. The summed E-state index contributed by atoms with van der Waals surface area (Å²) in [5.74, 6) is 1.38. The molecule has 0 unspecified atom stereocenters. The van der Waals surface area contributed by atoms with Gasteiger partial charge in [0.1, 0.15) is 5.76 Å². The number of para-hydroxylation sites is 1. The van der Waals surface area contributed by atoms with Crippen LogP contribution >= 0.6 is 0 Å². The van der Waals surface area contributed by atoms with E-state index in [2.05, 4.69) is 15.5 Å². The van der Waals surface area contributed by atoms with Crippen molar-refractivity contribution < 1.29 is 14.1 Å². The number of benzene rings is 1. The smallest absolute Gasteiger partial charge is 0.273 e. The first-order valence-corrected chi connectivity index (χ1v) is 11.4. The van der Waals surface area contributed by atoms with Gasteiger partial charge in [0.2, 0.25) is 5.91 Å². The van der Waals surface area contributed by atoms with Crippen molar-refractivity contribution in [2.45, 2.75) is 44.1 Å². The highest BCUT2D eigenvalue weighted by atomic mass is 16.5. The molecule has 1 aliphatic carbocycles. The van der Waals surface area contributed by atoms with Crippen LogP contribution in [0.2, 0.25) is 0 Å². The van der Waals surface area contributed by atoms with Gasteiger partial charge in [-0.25, -0.2) is 0 Å². The van der Waals surface area contributed by atoms with Gasteiger partial charge < -0.3 is 25.5 Å². The van der Waals surface area contributed by atoms with E-state index < -0.39 is 6.04 Å². The van der Waals surface area contributed by atoms with E-state index in [-0.39, 0.29) is 11.8 Å². The van der Waals surface area contributed by atoms with Crippen LogP contribution in [0.25, 0.3) is 10.9 Å². The molecule has 32 heavy (non-hydrogen) atoms. The molecule has 4 N–H and O–H groups in total. The summed E-state index contributed by atoms with van der Waals surface area (Å²) in [6.45, 7) is 1.90. The molecule has 0 radical (unpaired) electrons. The number of likely N-dealkylation sites (tertiary alicyclic amines) is 1. The van der Waals surface area contributed by atoms with Crippen LogP contribution in [-0.4, -0.2) is 52.5 Å². The number of amides is 2. The summed E-state index contributed by atoms with van der Waals surface area (Å²) < 4.78 is 5.26. The average molecular weight is 436 g/mol. The second kappa shape index (κ2) is 8.78. The zero-order chi connectivity index (χ0) is 22.1. The third-order valence-corrected chi connectivity index (χ3v) is 6.65. The van der Waals surface area contributed by atoms with E-state index in [1.54, 1.807) is 6.07 Å². The second-order valence-electron chi connectivity index (χ2n) is 9.04. The molecule has 8 nitrogen and oxygen atoms in total. The summed E-state index contributed by atoms with van der Waals surface area (Å²) in [6, 6.07) is 9.23. The highest BCUT2D eigenvalue weighted by molar-refractivity contribution is 5.92. The molecule has 1 atom stereocenters. The zero-order valence-electron chi connectivity index (χ0n) is 18.0. The van der Waals surface area contributed by atoms with Gasteiger partial charge in [-0.1, -0.05) is 23.4 Å². The highest BCUT2D eigenvalue weighted by Gasteiger charge is 2.30. The minimum atomic E-state index is -0.557. The number of piperidine rings is 1. The van der Waals surface area contributed by atoms with E-state index in [1.807, 2.05) is 35.4 Å². The molecular formula is C24H29N5O3. The topological polar surface area (TPSA) is 117 Å². The van der Waals surface area contributed by atoms with Crippen LogP contribution in [0.5, 0.6) is 0 Å². The van der Waals surface area contributed by atoms with E-state index in [1.165, 1.54) is 0 Å². The number of hydrogen-bond acceptors (Lipinski definition) is 5. The third-order valence-electron chi connectivity index (χ3n) is 6.65. The van der Waals surface area contributed by atoms with Crippen molar-refractivity contribution in [1.29, 1.82) is 0 Å². The Hall–Kier alpha value is -3.13. The number of nitrogens with two attached hydrogens (primary N) is 1. The van der Waals surface area contributed by atoms with Crippen molar-refractivity contribution in [2.75, 3.05) is 19.6 Å². The molecule has 1 saturated heterocycles.